The van der Waals surface area contributed by atoms with Crippen LogP contribution in [0.15, 0.2) is 193 Å². The SMILES string of the molecule is Brc1coc2ccccc12.Brc1csc(-c2ccco2)n1.CC(C)OB1OC(C)(C)C(C)(C)O1.[C-]#[N+]c1c(-c2csc(-c3ccco3)n2)oc2ccccc12.[C-]#[N+]c1c(B2OC(C)(C)C(C)(C)O2)oc2ccccc12.[C-]#[N+]c1coc2ccccc12. The average molecular weight is 1320 g/mol. The lowest BCUT2D eigenvalue weighted by Crippen LogP contribution is -2.41. The lowest BCUT2D eigenvalue weighted by molar-refractivity contribution is 0.00578. The molecule has 16 nitrogen and oxygen atoms in total. The molecule has 14 rings (SSSR count). The topological polar surface area (TPSA) is 164 Å². The molecule has 0 radical (unpaired) electrons. The number of nitrogens with zero attached hydrogens (tertiary/aromatic N) is 5. The molecule has 2 aliphatic rings. The molecule has 0 amide bonds. The van der Waals surface area contributed by atoms with Crippen LogP contribution in [0.4, 0.5) is 17.1 Å². The van der Waals surface area contributed by atoms with Crippen molar-refractivity contribution in [2.45, 2.75) is 97.7 Å². The van der Waals surface area contributed by atoms with Crippen molar-refractivity contribution in [1.82, 2.24) is 9.97 Å². The van der Waals surface area contributed by atoms with Crippen molar-refractivity contribution in [2.75, 3.05) is 0 Å². The molecule has 86 heavy (non-hydrogen) atoms. The van der Waals surface area contributed by atoms with Crippen LogP contribution < -0.4 is 5.66 Å². The summed E-state index contributed by atoms with van der Waals surface area (Å²) in [6, 6.07) is 37.9. The van der Waals surface area contributed by atoms with Gasteiger partial charge in [0.2, 0.25) is 17.1 Å². The quantitative estimate of drug-likeness (QED) is 0.114. The van der Waals surface area contributed by atoms with E-state index >= 15 is 0 Å². The Balaban J connectivity index is 0.000000126. The Morgan fingerprint density at radius 3 is 1.50 bits per heavy atom. The second-order valence-corrected chi connectivity index (χ2v) is 24.8. The second-order valence-electron chi connectivity index (χ2n) is 21.4. The van der Waals surface area contributed by atoms with Crippen molar-refractivity contribution < 1.29 is 49.8 Å². The van der Waals surface area contributed by atoms with Crippen LogP contribution in [0.5, 0.6) is 0 Å². The third-order valence-electron chi connectivity index (χ3n) is 14.2. The molecule has 22 heteroatoms. The normalized spacial score (nSPS) is 15.0. The van der Waals surface area contributed by atoms with Gasteiger partial charge in [0.05, 0.1) is 65.4 Å². The van der Waals surface area contributed by atoms with Crippen LogP contribution in [0.3, 0.4) is 0 Å². The van der Waals surface area contributed by atoms with Crippen molar-refractivity contribution in [1.29, 1.82) is 0 Å². The number of para-hydroxylation sites is 4. The molecule has 0 aliphatic carbocycles. The first-order valence-electron chi connectivity index (χ1n) is 26.9. The minimum atomic E-state index is -0.642. The van der Waals surface area contributed by atoms with Gasteiger partial charge in [0.1, 0.15) is 44.6 Å². The van der Waals surface area contributed by atoms with E-state index in [4.69, 9.17) is 69.5 Å². The highest BCUT2D eigenvalue weighted by Crippen LogP contribution is 2.43. The Morgan fingerprint density at radius 2 is 0.988 bits per heavy atom. The Hall–Kier alpha value is -7.78. The van der Waals surface area contributed by atoms with Gasteiger partial charge in [0.15, 0.2) is 27.3 Å². The standard InChI is InChI=1S/C16H8N2O2S.C15H16BNO3.C9H19BO3.C9H5NO.C8H5BrO.C7H4BrNOS/c1-17-14-10-5-2-3-6-12(10)20-15(14)11-9-21-16(18-11)13-7-4-8-19-13;1-14(2)15(3,4)20-16(19-14)13-12(17-5)10-8-6-7-9-11(10)18-13;1-7(2)11-10-12-8(3,4)9(5,6)13-10;1-10-8-6-11-9-5-3-2-4-7(8)9;9-7-5-10-8-4-2-1-3-6(7)8;8-6-4-11-7(9-6)5-2-1-3-10-5/h2-9H;6-9H,1-4H3;7H,1-6H3;2-6H;1-5H;1-4H. The largest absolute Gasteiger partial charge is 0.640 e. The molecular formula is C64H57B2Br2N5O11S2. The van der Waals surface area contributed by atoms with Gasteiger partial charge in [-0.25, -0.2) is 24.5 Å². The van der Waals surface area contributed by atoms with Crippen LogP contribution >= 0.6 is 54.5 Å². The fourth-order valence-corrected chi connectivity index (χ4v) is 10.7. The van der Waals surface area contributed by atoms with E-state index in [1.54, 1.807) is 30.1 Å². The Morgan fingerprint density at radius 1 is 0.512 bits per heavy atom. The Labute approximate surface area is 523 Å². The maximum absolute atomic E-state index is 7.40. The first-order chi connectivity index (χ1) is 41.1. The molecule has 0 spiro atoms. The summed E-state index contributed by atoms with van der Waals surface area (Å²) in [7, 11) is -1.17. The maximum atomic E-state index is 7.40. The first kappa shape index (κ1) is 62.7. The number of benzene rings is 4. The van der Waals surface area contributed by atoms with Crippen LogP contribution in [0.1, 0.15) is 69.2 Å². The van der Waals surface area contributed by atoms with Gasteiger partial charge >= 0.3 is 14.4 Å². The highest BCUT2D eigenvalue weighted by Gasteiger charge is 2.54. The molecule has 0 atom stereocenters. The van der Waals surface area contributed by atoms with Gasteiger partial charge in [-0.15, -0.1) is 22.7 Å². The summed E-state index contributed by atoms with van der Waals surface area (Å²) in [4.78, 5) is 19.2. The summed E-state index contributed by atoms with van der Waals surface area (Å²) in [5.74, 6) is 2.05. The molecule has 2 saturated heterocycles. The van der Waals surface area contributed by atoms with E-state index in [0.717, 1.165) is 57.6 Å². The van der Waals surface area contributed by atoms with Crippen LogP contribution in [0, 0.1) is 19.7 Å². The van der Waals surface area contributed by atoms with Crippen LogP contribution in [0.2, 0.25) is 0 Å². The van der Waals surface area contributed by atoms with E-state index in [1.165, 1.54) is 17.6 Å². The minimum Gasteiger partial charge on any atom is -0.477 e. The smallest absolute Gasteiger partial charge is 0.477 e. The summed E-state index contributed by atoms with van der Waals surface area (Å²) in [6.07, 6.45) is 6.56. The van der Waals surface area contributed by atoms with Crippen molar-refractivity contribution in [2.24, 2.45) is 0 Å². The van der Waals surface area contributed by atoms with Gasteiger partial charge in [0, 0.05) is 38.4 Å². The highest BCUT2D eigenvalue weighted by molar-refractivity contribution is 9.10. The van der Waals surface area contributed by atoms with Crippen LogP contribution in [-0.2, 0) is 23.3 Å². The van der Waals surface area contributed by atoms with E-state index in [2.05, 4.69) is 56.4 Å². The van der Waals surface area contributed by atoms with Gasteiger partial charge in [-0.3, -0.25) is 0 Å². The average Bonchev–Trinajstić information content (AvgIpc) is 2.07. The first-order valence-corrected chi connectivity index (χ1v) is 30.2. The van der Waals surface area contributed by atoms with Gasteiger partial charge in [-0.05, 0) is 156 Å². The molecule has 8 aromatic heterocycles. The molecule has 436 valence electrons. The van der Waals surface area contributed by atoms with Gasteiger partial charge in [0.25, 0.3) is 0 Å². The van der Waals surface area contributed by atoms with Crippen molar-refractivity contribution in [3.63, 3.8) is 0 Å². The zero-order valence-electron chi connectivity index (χ0n) is 48.5. The van der Waals surface area contributed by atoms with Gasteiger partial charge in [-0.2, -0.15) is 0 Å². The predicted molar refractivity (Wildman–Crippen MR) is 346 cm³/mol. The zero-order valence-corrected chi connectivity index (χ0v) is 53.3. The molecule has 12 aromatic rings. The number of hydrogen-bond donors (Lipinski definition) is 0. The van der Waals surface area contributed by atoms with Crippen molar-refractivity contribution in [3.05, 3.63) is 200 Å². The number of aromatic nitrogens is 2. The number of thiazole rings is 2. The lowest BCUT2D eigenvalue weighted by atomic mass is 9.85. The fraction of sp³-hybridized carbons (Fsp3) is 0.234. The highest BCUT2D eigenvalue weighted by atomic mass is 79.9. The van der Waals surface area contributed by atoms with Gasteiger partial charge < -0.3 is 49.8 Å². The molecule has 0 bridgehead atoms. The summed E-state index contributed by atoms with van der Waals surface area (Å²) in [5.41, 5.74) is 4.27. The molecule has 4 aromatic carbocycles. The van der Waals surface area contributed by atoms with E-state index in [1.807, 2.05) is 201 Å². The number of furan rings is 6. The molecular weight excluding hydrogens is 1260 g/mol. The molecule has 10 heterocycles. The van der Waals surface area contributed by atoms with Gasteiger partial charge in [-0.1, -0.05) is 66.7 Å². The third-order valence-corrected chi connectivity index (χ3v) is 17.2. The summed E-state index contributed by atoms with van der Waals surface area (Å²) in [6.45, 7) is 41.5. The van der Waals surface area contributed by atoms with E-state index in [9.17, 15) is 0 Å². The van der Waals surface area contributed by atoms with E-state index in [0.29, 0.717) is 51.1 Å². The van der Waals surface area contributed by atoms with Crippen LogP contribution in [-0.4, -0.2) is 52.9 Å². The number of hydrogen-bond acceptors (Lipinski definition) is 15. The summed E-state index contributed by atoms with van der Waals surface area (Å²) < 4.78 is 62.9. The second kappa shape index (κ2) is 26.9. The monoisotopic (exact) mass is 1320 g/mol. The summed E-state index contributed by atoms with van der Waals surface area (Å²) in [5, 5.41) is 9.11. The molecule has 0 N–H and O–H groups in total. The number of fused-ring (bicyclic) bond motifs is 4. The predicted octanol–water partition coefficient (Wildman–Crippen LogP) is 20.0. The number of halogens is 2. The molecule has 2 aliphatic heterocycles. The summed E-state index contributed by atoms with van der Waals surface area (Å²) >= 11 is 9.67. The van der Waals surface area contributed by atoms with E-state index < -0.39 is 25.6 Å². The Bertz CT molecular complexity index is 4310. The molecule has 0 unspecified atom stereocenters. The maximum Gasteiger partial charge on any atom is 0.640 e. The minimum absolute atomic E-state index is 0.120. The zero-order chi connectivity index (χ0) is 61.4. The molecule has 0 saturated carbocycles. The van der Waals surface area contributed by atoms with Crippen molar-refractivity contribution >= 4 is 136 Å². The van der Waals surface area contributed by atoms with Crippen LogP contribution in [0.25, 0.3) is 91.4 Å². The van der Waals surface area contributed by atoms with Crippen molar-refractivity contribution in [3.8, 4) is 33.0 Å². The van der Waals surface area contributed by atoms with E-state index in [-0.39, 0.29) is 17.3 Å². The molecule has 2 fully saturated rings. The Kier molecular flexibility index (Phi) is 19.6. The fourth-order valence-electron chi connectivity index (χ4n) is 8.31. The lowest BCUT2D eigenvalue weighted by Gasteiger charge is -2.32. The number of rotatable bonds is 6. The third kappa shape index (κ3) is 14.2.